The summed E-state index contributed by atoms with van der Waals surface area (Å²) < 4.78 is 0.940. The highest BCUT2D eigenvalue weighted by Crippen LogP contribution is 2.22. The third kappa shape index (κ3) is 14.9. The van der Waals surface area contributed by atoms with Gasteiger partial charge in [-0.2, -0.15) is 0 Å². The summed E-state index contributed by atoms with van der Waals surface area (Å²) in [6.45, 7) is 8.90. The maximum absolute atomic E-state index is 11.2. The SMILES string of the molecule is CCCCCCCCCCCCCCC/C=C/CCCCC1NC=C[N+]1(CC)CCNC(C)=O. The fourth-order valence-corrected chi connectivity index (χ4v) is 5.17. The summed E-state index contributed by atoms with van der Waals surface area (Å²) in [5, 5.41) is 6.51. The van der Waals surface area contributed by atoms with Crippen LogP contribution in [0.25, 0.3) is 0 Å². The number of likely N-dealkylation sites (N-methyl/N-ethyl adjacent to an activating group) is 1. The Kier molecular flexibility index (Phi) is 19.0. The second kappa shape index (κ2) is 21.0. The molecule has 0 aromatic rings. The first-order valence-corrected chi connectivity index (χ1v) is 14.8. The first-order valence-electron chi connectivity index (χ1n) is 14.8. The normalized spacial score (nSPS) is 19.7. The Balaban J connectivity index is 1.93. The molecule has 4 nitrogen and oxygen atoms in total. The van der Waals surface area contributed by atoms with Crippen molar-refractivity contribution < 1.29 is 9.28 Å². The molecule has 0 radical (unpaired) electrons. The Morgan fingerprint density at radius 2 is 1.35 bits per heavy atom. The molecule has 2 unspecified atom stereocenters. The number of quaternary nitrogens is 1. The Hall–Kier alpha value is -1.29. The fraction of sp³-hybridized carbons (Fsp3) is 0.833. The lowest BCUT2D eigenvalue weighted by Crippen LogP contribution is -2.55. The maximum Gasteiger partial charge on any atom is 0.217 e. The van der Waals surface area contributed by atoms with Crippen molar-refractivity contribution >= 4 is 5.91 Å². The number of hydrogen-bond donors (Lipinski definition) is 2. The van der Waals surface area contributed by atoms with Crippen molar-refractivity contribution in [3.05, 3.63) is 24.6 Å². The molecule has 0 spiro atoms. The summed E-state index contributed by atoms with van der Waals surface area (Å²) in [4.78, 5) is 11.2. The molecule has 4 heteroatoms. The van der Waals surface area contributed by atoms with Crippen LogP contribution in [0.3, 0.4) is 0 Å². The number of carbonyl (C=O) groups is 1. The molecule has 0 saturated carbocycles. The highest BCUT2D eigenvalue weighted by Gasteiger charge is 2.36. The molecule has 0 aliphatic carbocycles. The Bertz CT molecular complexity index is 545. The van der Waals surface area contributed by atoms with Crippen molar-refractivity contribution in [2.45, 2.75) is 143 Å². The van der Waals surface area contributed by atoms with Crippen LogP contribution in [0.1, 0.15) is 136 Å². The average molecular weight is 477 g/mol. The van der Waals surface area contributed by atoms with E-state index in [0.717, 1.165) is 24.1 Å². The maximum atomic E-state index is 11.2. The minimum atomic E-state index is 0.0625. The van der Waals surface area contributed by atoms with Crippen molar-refractivity contribution in [2.24, 2.45) is 0 Å². The highest BCUT2D eigenvalue weighted by atomic mass is 16.1. The van der Waals surface area contributed by atoms with E-state index in [0.29, 0.717) is 6.17 Å². The smallest absolute Gasteiger partial charge is 0.217 e. The largest absolute Gasteiger partial charge is 0.351 e. The molecule has 1 aliphatic rings. The van der Waals surface area contributed by atoms with E-state index in [9.17, 15) is 4.79 Å². The third-order valence-corrected chi connectivity index (χ3v) is 7.51. The molecule has 198 valence electrons. The summed E-state index contributed by atoms with van der Waals surface area (Å²) in [6, 6.07) is 0. The van der Waals surface area contributed by atoms with Crippen molar-refractivity contribution in [1.82, 2.24) is 10.6 Å². The van der Waals surface area contributed by atoms with Gasteiger partial charge < -0.3 is 10.6 Å². The number of hydrogen-bond acceptors (Lipinski definition) is 2. The number of amides is 1. The van der Waals surface area contributed by atoms with Crippen LogP contribution in [0.4, 0.5) is 0 Å². The predicted octanol–water partition coefficient (Wildman–Crippen LogP) is 7.96. The molecule has 34 heavy (non-hydrogen) atoms. The van der Waals surface area contributed by atoms with Crippen LogP contribution in [0.15, 0.2) is 24.6 Å². The van der Waals surface area contributed by atoms with E-state index in [2.05, 4.69) is 49.0 Å². The summed E-state index contributed by atoms with van der Waals surface area (Å²) in [5.74, 6) is 0.0625. The lowest BCUT2D eigenvalue weighted by molar-refractivity contribution is -0.898. The third-order valence-electron chi connectivity index (χ3n) is 7.51. The van der Waals surface area contributed by atoms with Crippen LogP contribution < -0.4 is 10.6 Å². The Labute approximate surface area is 212 Å². The quantitative estimate of drug-likeness (QED) is 0.0892. The Morgan fingerprint density at radius 1 is 0.824 bits per heavy atom. The number of carbonyl (C=O) groups excluding carboxylic acids is 1. The van der Waals surface area contributed by atoms with E-state index in [1.807, 2.05) is 0 Å². The molecule has 1 aliphatic heterocycles. The number of unbranched alkanes of at least 4 members (excludes halogenated alkanes) is 15. The van der Waals surface area contributed by atoms with E-state index < -0.39 is 0 Å². The van der Waals surface area contributed by atoms with Gasteiger partial charge in [-0.05, 0) is 39.0 Å². The van der Waals surface area contributed by atoms with Gasteiger partial charge in [0.25, 0.3) is 0 Å². The minimum Gasteiger partial charge on any atom is -0.351 e. The number of allylic oxidation sites excluding steroid dienone is 2. The van der Waals surface area contributed by atoms with Gasteiger partial charge in [0.2, 0.25) is 5.91 Å². The molecule has 2 atom stereocenters. The molecule has 1 heterocycles. The lowest BCUT2D eigenvalue weighted by Gasteiger charge is -2.37. The van der Waals surface area contributed by atoms with Gasteiger partial charge in [-0.15, -0.1) is 0 Å². The summed E-state index contributed by atoms with van der Waals surface area (Å²) >= 11 is 0. The Morgan fingerprint density at radius 3 is 1.88 bits per heavy atom. The molecule has 0 fully saturated rings. The molecule has 1 rings (SSSR count). The van der Waals surface area contributed by atoms with Gasteiger partial charge in [-0.1, -0.05) is 96.1 Å². The van der Waals surface area contributed by atoms with E-state index in [-0.39, 0.29) is 5.91 Å². The lowest BCUT2D eigenvalue weighted by atomic mass is 10.0. The molecule has 0 aromatic carbocycles. The van der Waals surface area contributed by atoms with Gasteiger partial charge in [0.1, 0.15) is 12.7 Å². The summed E-state index contributed by atoms with van der Waals surface area (Å²) in [5.41, 5.74) is 0. The molecular formula is C30H58N3O+. The van der Waals surface area contributed by atoms with Crippen molar-refractivity contribution in [3.63, 3.8) is 0 Å². The zero-order valence-electron chi connectivity index (χ0n) is 23.1. The van der Waals surface area contributed by atoms with Gasteiger partial charge in [0.05, 0.1) is 19.3 Å². The van der Waals surface area contributed by atoms with Crippen molar-refractivity contribution in [2.75, 3.05) is 19.6 Å². The number of nitrogens with one attached hydrogen (secondary N) is 2. The number of nitrogens with zero attached hydrogens (tertiary/aromatic N) is 1. The zero-order chi connectivity index (χ0) is 24.7. The topological polar surface area (TPSA) is 41.1 Å². The van der Waals surface area contributed by atoms with Crippen LogP contribution in [0.5, 0.6) is 0 Å². The molecule has 0 saturated heterocycles. The fourth-order valence-electron chi connectivity index (χ4n) is 5.17. The van der Waals surface area contributed by atoms with Gasteiger partial charge in [-0.3, -0.25) is 9.28 Å². The van der Waals surface area contributed by atoms with Gasteiger partial charge in [0.15, 0.2) is 6.17 Å². The minimum absolute atomic E-state index is 0.0625. The van der Waals surface area contributed by atoms with Crippen LogP contribution in [0, 0.1) is 0 Å². The van der Waals surface area contributed by atoms with Crippen LogP contribution in [-0.4, -0.2) is 36.2 Å². The molecule has 1 amide bonds. The van der Waals surface area contributed by atoms with Crippen molar-refractivity contribution in [1.29, 1.82) is 0 Å². The highest BCUT2D eigenvalue weighted by molar-refractivity contribution is 5.72. The van der Waals surface area contributed by atoms with Gasteiger partial charge in [0, 0.05) is 13.3 Å². The van der Waals surface area contributed by atoms with Crippen molar-refractivity contribution in [3.8, 4) is 0 Å². The van der Waals surface area contributed by atoms with E-state index >= 15 is 0 Å². The molecular weight excluding hydrogens is 418 g/mol. The summed E-state index contributed by atoms with van der Waals surface area (Å²) in [7, 11) is 0. The van der Waals surface area contributed by atoms with Gasteiger partial charge >= 0.3 is 0 Å². The van der Waals surface area contributed by atoms with Crippen LogP contribution in [-0.2, 0) is 4.79 Å². The predicted molar refractivity (Wildman–Crippen MR) is 148 cm³/mol. The zero-order valence-corrected chi connectivity index (χ0v) is 23.1. The second-order valence-electron chi connectivity index (χ2n) is 10.4. The first-order chi connectivity index (χ1) is 16.6. The average Bonchev–Trinajstić information content (AvgIpc) is 3.23. The summed E-state index contributed by atoms with van der Waals surface area (Å²) in [6.07, 6.45) is 34.4. The second-order valence-corrected chi connectivity index (χ2v) is 10.4. The first kappa shape index (κ1) is 30.7. The monoisotopic (exact) mass is 476 g/mol. The number of rotatable bonds is 23. The molecule has 0 aromatic heterocycles. The van der Waals surface area contributed by atoms with E-state index in [4.69, 9.17) is 0 Å². The van der Waals surface area contributed by atoms with Crippen LogP contribution >= 0.6 is 0 Å². The van der Waals surface area contributed by atoms with E-state index in [1.54, 1.807) is 6.92 Å². The van der Waals surface area contributed by atoms with E-state index in [1.165, 1.54) is 116 Å². The molecule has 0 bridgehead atoms. The van der Waals surface area contributed by atoms with Gasteiger partial charge in [-0.25, -0.2) is 0 Å². The standard InChI is InChI=1S/C30H57N3O/c1-4-6-7-8-9-10-11-12-13-14-15-16-17-18-19-20-21-22-23-24-30-32-26-28-33(30,5-2)27-25-31-29(3)34/h19-20,26,28,30,32H,4-18,21-25,27H2,1-3H3/p+1/b20-19+. The molecule has 2 N–H and O–H groups in total. The van der Waals surface area contributed by atoms with Crippen LogP contribution in [0.2, 0.25) is 0 Å².